The summed E-state index contributed by atoms with van der Waals surface area (Å²) in [6, 6.07) is 2.47. The van der Waals surface area contributed by atoms with Crippen molar-refractivity contribution >= 4 is 11.7 Å². The molecule has 2 fully saturated rings. The lowest BCUT2D eigenvalue weighted by Crippen LogP contribution is -2.39. The molecule has 4 rings (SSSR count). The number of hydrogen-bond acceptors (Lipinski definition) is 8. The quantitative estimate of drug-likeness (QED) is 0.784. The molecule has 0 bridgehead atoms. The van der Waals surface area contributed by atoms with Gasteiger partial charge in [0.05, 0.1) is 30.2 Å². The van der Waals surface area contributed by atoms with Gasteiger partial charge in [0.15, 0.2) is 5.82 Å². The first-order chi connectivity index (χ1) is 14.1. The lowest BCUT2D eigenvalue weighted by molar-refractivity contribution is -0.0529. The van der Waals surface area contributed by atoms with Gasteiger partial charge in [0.2, 0.25) is 0 Å². The fraction of sp³-hybridized carbons (Fsp3) is 0.667. The van der Waals surface area contributed by atoms with E-state index < -0.39 is 0 Å². The molecule has 1 aliphatic carbocycles. The molecule has 29 heavy (non-hydrogen) atoms. The van der Waals surface area contributed by atoms with Gasteiger partial charge >= 0.3 is 6.01 Å². The molecule has 8 heteroatoms. The van der Waals surface area contributed by atoms with Crippen molar-refractivity contribution < 1.29 is 14.0 Å². The molecule has 3 heterocycles. The highest BCUT2D eigenvalue weighted by molar-refractivity contribution is 5.49. The number of hydrogen-bond donors (Lipinski definition) is 1. The van der Waals surface area contributed by atoms with Gasteiger partial charge in [-0.2, -0.15) is 4.98 Å². The van der Waals surface area contributed by atoms with Gasteiger partial charge in [-0.25, -0.2) is 0 Å². The van der Waals surface area contributed by atoms with Crippen molar-refractivity contribution in [3.8, 4) is 5.75 Å². The first-order valence-electron chi connectivity index (χ1n) is 10.7. The third kappa shape index (κ3) is 4.98. The van der Waals surface area contributed by atoms with Crippen molar-refractivity contribution in [2.45, 2.75) is 76.6 Å². The Morgan fingerprint density at radius 3 is 2.41 bits per heavy atom. The molecule has 158 valence electrons. The van der Waals surface area contributed by atoms with Gasteiger partial charge in [-0.1, -0.05) is 19.0 Å². The topological polar surface area (TPSA) is 99.5 Å². The number of anilines is 2. The fourth-order valence-electron chi connectivity index (χ4n) is 4.01. The van der Waals surface area contributed by atoms with Crippen LogP contribution in [0.4, 0.5) is 11.7 Å². The zero-order chi connectivity index (χ0) is 20.2. The summed E-state index contributed by atoms with van der Waals surface area (Å²) in [4.78, 5) is 10.7. The molecule has 0 spiro atoms. The maximum atomic E-state index is 6.40. The summed E-state index contributed by atoms with van der Waals surface area (Å²) in [5.41, 5.74) is 6.52. The molecule has 1 aliphatic heterocycles. The van der Waals surface area contributed by atoms with Crippen LogP contribution in [-0.4, -0.2) is 46.5 Å². The zero-order valence-corrected chi connectivity index (χ0v) is 17.3. The molecule has 2 aromatic heterocycles. The van der Waals surface area contributed by atoms with Gasteiger partial charge < -0.3 is 24.6 Å². The van der Waals surface area contributed by atoms with Crippen LogP contribution in [-0.2, 0) is 4.74 Å². The van der Waals surface area contributed by atoms with Crippen molar-refractivity contribution in [1.82, 2.24) is 15.1 Å². The van der Waals surface area contributed by atoms with Crippen molar-refractivity contribution in [2.75, 3.05) is 23.7 Å². The molecule has 2 aliphatic rings. The second-order valence-corrected chi connectivity index (χ2v) is 8.34. The number of pyridine rings is 1. The monoisotopic (exact) mass is 401 g/mol. The standard InChI is InChI=1S/C21H31N5O3/c1-14(2)20-24-21(29-25-20)26-11-8-17(9-12-26)27-15-3-5-16(6-4-15)28-19-7-10-23-13-18(19)22/h7,10,13-17H,3-6,8-9,11-12,22H2,1-2H3/t15-,16-. The Morgan fingerprint density at radius 1 is 1.07 bits per heavy atom. The molecule has 0 unspecified atom stereocenters. The first-order valence-corrected chi connectivity index (χ1v) is 10.7. The minimum absolute atomic E-state index is 0.203. The van der Waals surface area contributed by atoms with Crippen molar-refractivity contribution in [1.29, 1.82) is 0 Å². The van der Waals surface area contributed by atoms with Crippen molar-refractivity contribution in [3.63, 3.8) is 0 Å². The molecule has 0 radical (unpaired) electrons. The van der Waals surface area contributed by atoms with Crippen LogP contribution in [0.3, 0.4) is 0 Å². The van der Waals surface area contributed by atoms with Crippen LogP contribution in [0.1, 0.15) is 64.1 Å². The summed E-state index contributed by atoms with van der Waals surface area (Å²) >= 11 is 0. The summed E-state index contributed by atoms with van der Waals surface area (Å²) in [5, 5.41) is 4.06. The molecule has 2 N–H and O–H groups in total. The Labute approximate surface area is 171 Å². The summed E-state index contributed by atoms with van der Waals surface area (Å²) in [6.45, 7) is 5.93. The van der Waals surface area contributed by atoms with Gasteiger partial charge in [0.25, 0.3) is 0 Å². The third-order valence-corrected chi connectivity index (χ3v) is 5.77. The van der Waals surface area contributed by atoms with E-state index in [9.17, 15) is 0 Å². The van der Waals surface area contributed by atoms with Gasteiger partial charge in [0, 0.05) is 31.3 Å². The highest BCUT2D eigenvalue weighted by Crippen LogP contribution is 2.30. The second kappa shape index (κ2) is 8.98. The zero-order valence-electron chi connectivity index (χ0n) is 17.3. The van der Waals surface area contributed by atoms with Crippen molar-refractivity contribution in [2.24, 2.45) is 0 Å². The number of rotatable bonds is 6. The minimum Gasteiger partial charge on any atom is -0.488 e. The average molecular weight is 402 g/mol. The summed E-state index contributed by atoms with van der Waals surface area (Å²) < 4.78 is 17.9. The van der Waals surface area contributed by atoms with Crippen LogP contribution in [0.15, 0.2) is 23.0 Å². The number of nitrogens with zero attached hydrogens (tertiary/aromatic N) is 4. The normalized spacial score (nSPS) is 23.5. The van der Waals surface area contributed by atoms with Crippen LogP contribution in [0.5, 0.6) is 5.75 Å². The molecule has 0 amide bonds. The smallest absolute Gasteiger partial charge is 0.324 e. The number of nitrogens with two attached hydrogens (primary N) is 1. The predicted molar refractivity (Wildman–Crippen MR) is 110 cm³/mol. The van der Waals surface area contributed by atoms with E-state index in [1.807, 2.05) is 6.07 Å². The molecular weight excluding hydrogens is 370 g/mol. The molecule has 0 aromatic carbocycles. The Bertz CT molecular complexity index is 780. The first kappa shape index (κ1) is 19.9. The van der Waals surface area contributed by atoms with Crippen LogP contribution >= 0.6 is 0 Å². The molecule has 1 saturated carbocycles. The van der Waals surface area contributed by atoms with Crippen molar-refractivity contribution in [3.05, 3.63) is 24.3 Å². The van der Waals surface area contributed by atoms with E-state index in [-0.39, 0.29) is 12.0 Å². The maximum absolute atomic E-state index is 6.40. The molecule has 1 saturated heterocycles. The number of piperidine rings is 1. The minimum atomic E-state index is 0.203. The highest BCUT2D eigenvalue weighted by atomic mass is 16.5. The Hall–Kier alpha value is -2.35. The number of aromatic nitrogens is 3. The van der Waals surface area contributed by atoms with Crippen LogP contribution in [0.2, 0.25) is 0 Å². The van der Waals surface area contributed by atoms with E-state index in [2.05, 4.69) is 33.9 Å². The van der Waals surface area contributed by atoms with Gasteiger partial charge in [0.1, 0.15) is 5.75 Å². The molecule has 2 aromatic rings. The van der Waals surface area contributed by atoms with Gasteiger partial charge in [-0.3, -0.25) is 4.98 Å². The fourth-order valence-corrected chi connectivity index (χ4v) is 4.01. The Morgan fingerprint density at radius 2 is 1.76 bits per heavy atom. The third-order valence-electron chi connectivity index (χ3n) is 5.77. The lowest BCUT2D eigenvalue weighted by atomic mass is 9.94. The van der Waals surface area contributed by atoms with Gasteiger partial charge in [-0.05, 0) is 38.5 Å². The molecule has 8 nitrogen and oxygen atoms in total. The maximum Gasteiger partial charge on any atom is 0.324 e. The van der Waals surface area contributed by atoms with Gasteiger partial charge in [-0.15, -0.1) is 0 Å². The highest BCUT2D eigenvalue weighted by Gasteiger charge is 2.29. The second-order valence-electron chi connectivity index (χ2n) is 8.34. The lowest BCUT2D eigenvalue weighted by Gasteiger charge is -2.35. The largest absolute Gasteiger partial charge is 0.488 e. The molecule has 0 atom stereocenters. The van der Waals surface area contributed by atoms with E-state index >= 15 is 0 Å². The Kier molecular flexibility index (Phi) is 6.18. The summed E-state index contributed by atoms with van der Waals surface area (Å²) in [7, 11) is 0. The predicted octanol–water partition coefficient (Wildman–Crippen LogP) is 3.55. The van der Waals surface area contributed by atoms with E-state index in [4.69, 9.17) is 19.7 Å². The van der Waals surface area contributed by atoms with E-state index in [0.29, 0.717) is 23.9 Å². The number of nitrogen functional groups attached to an aromatic ring is 1. The van der Waals surface area contributed by atoms with E-state index in [1.54, 1.807) is 12.4 Å². The van der Waals surface area contributed by atoms with Crippen LogP contribution in [0.25, 0.3) is 0 Å². The van der Waals surface area contributed by atoms with Crippen LogP contribution in [0, 0.1) is 0 Å². The summed E-state index contributed by atoms with van der Waals surface area (Å²) in [5.74, 6) is 1.78. The van der Waals surface area contributed by atoms with E-state index in [1.165, 1.54) is 0 Å². The average Bonchev–Trinajstić information content (AvgIpc) is 3.22. The summed E-state index contributed by atoms with van der Waals surface area (Å²) in [6.07, 6.45) is 10.2. The van der Waals surface area contributed by atoms with E-state index in [0.717, 1.165) is 63.2 Å². The Balaban J connectivity index is 1.19. The number of ether oxygens (including phenoxy) is 2. The van der Waals surface area contributed by atoms with Crippen LogP contribution < -0.4 is 15.4 Å². The SMILES string of the molecule is CC(C)c1noc(N2CCC(O[C@H]3CC[C@H](Oc4ccncc4N)CC3)CC2)n1. The molecular formula is C21H31N5O3.